The van der Waals surface area contributed by atoms with Crippen molar-refractivity contribution in [3.63, 3.8) is 0 Å². The molecule has 0 aliphatic carbocycles. The Morgan fingerprint density at radius 3 is 2.75 bits per heavy atom. The van der Waals surface area contributed by atoms with E-state index in [4.69, 9.17) is 10.5 Å². The molecule has 0 bridgehead atoms. The van der Waals surface area contributed by atoms with Crippen LogP contribution in [0, 0.1) is 0 Å². The van der Waals surface area contributed by atoms with Crippen LogP contribution in [0.25, 0.3) is 0 Å². The third-order valence-electron chi connectivity index (χ3n) is 2.62. The highest BCUT2D eigenvalue weighted by molar-refractivity contribution is 5.33. The van der Waals surface area contributed by atoms with Gasteiger partial charge in [-0.15, -0.1) is 0 Å². The Morgan fingerprint density at radius 1 is 1.44 bits per heavy atom. The number of aromatic nitrogens is 1. The molecule has 2 rings (SSSR count). The minimum atomic E-state index is -4.43. The Kier molecular flexibility index (Phi) is 2.63. The zero-order chi connectivity index (χ0) is 11.9. The highest BCUT2D eigenvalue weighted by Crippen LogP contribution is 2.35. The Balaban J connectivity index is 2.48. The SMILES string of the molecule is C[C@H]1OC[C@@H](N)c2cnc(C(F)(F)F)cc21. The number of hydrogen-bond donors (Lipinski definition) is 1. The fourth-order valence-electron chi connectivity index (χ4n) is 1.73. The van der Waals surface area contributed by atoms with Crippen LogP contribution in [0.4, 0.5) is 13.2 Å². The molecule has 16 heavy (non-hydrogen) atoms. The number of alkyl halides is 3. The normalized spacial score (nSPS) is 25.3. The van der Waals surface area contributed by atoms with Crippen LogP contribution in [0.5, 0.6) is 0 Å². The van der Waals surface area contributed by atoms with Crippen LogP contribution in [-0.2, 0) is 10.9 Å². The number of nitrogens with two attached hydrogens (primary N) is 1. The molecule has 88 valence electrons. The van der Waals surface area contributed by atoms with E-state index in [1.165, 1.54) is 6.20 Å². The summed E-state index contributed by atoms with van der Waals surface area (Å²) in [6.45, 7) is 2.01. The van der Waals surface area contributed by atoms with Crippen LogP contribution < -0.4 is 5.73 Å². The number of pyridine rings is 1. The lowest BCUT2D eigenvalue weighted by Crippen LogP contribution is -2.26. The first-order chi connectivity index (χ1) is 7.39. The molecule has 6 heteroatoms. The molecular formula is C10H11F3N2O. The molecule has 0 radical (unpaired) electrons. The molecule has 2 atom stereocenters. The predicted octanol–water partition coefficient (Wildman–Crippen LogP) is 2.19. The second-order valence-electron chi connectivity index (χ2n) is 3.78. The van der Waals surface area contributed by atoms with Crippen LogP contribution in [0.15, 0.2) is 12.3 Å². The third-order valence-corrected chi connectivity index (χ3v) is 2.62. The summed E-state index contributed by atoms with van der Waals surface area (Å²) in [5.74, 6) is 0. The van der Waals surface area contributed by atoms with Gasteiger partial charge in [-0.3, -0.25) is 4.98 Å². The molecule has 2 heterocycles. The van der Waals surface area contributed by atoms with Crippen molar-refractivity contribution < 1.29 is 17.9 Å². The number of nitrogens with zero attached hydrogens (tertiary/aromatic N) is 1. The molecule has 0 amide bonds. The van der Waals surface area contributed by atoms with Gasteiger partial charge in [-0.2, -0.15) is 13.2 Å². The van der Waals surface area contributed by atoms with E-state index in [2.05, 4.69) is 4.98 Å². The molecule has 0 saturated carbocycles. The van der Waals surface area contributed by atoms with Crippen LogP contribution >= 0.6 is 0 Å². The molecule has 0 saturated heterocycles. The predicted molar refractivity (Wildman–Crippen MR) is 50.5 cm³/mol. The highest BCUT2D eigenvalue weighted by atomic mass is 19.4. The van der Waals surface area contributed by atoms with Gasteiger partial charge in [0.2, 0.25) is 0 Å². The van der Waals surface area contributed by atoms with Crippen LogP contribution in [-0.4, -0.2) is 11.6 Å². The van der Waals surface area contributed by atoms with Crippen LogP contribution in [0.1, 0.15) is 35.9 Å². The van der Waals surface area contributed by atoms with E-state index in [1.807, 2.05) is 0 Å². The number of fused-ring (bicyclic) bond motifs is 1. The zero-order valence-corrected chi connectivity index (χ0v) is 8.58. The minimum absolute atomic E-state index is 0.307. The van der Waals surface area contributed by atoms with E-state index < -0.39 is 17.9 Å². The van der Waals surface area contributed by atoms with Crippen molar-refractivity contribution in [1.82, 2.24) is 4.98 Å². The van der Waals surface area contributed by atoms with Gasteiger partial charge in [0.05, 0.1) is 18.8 Å². The van der Waals surface area contributed by atoms with E-state index in [1.54, 1.807) is 6.92 Å². The molecule has 0 unspecified atom stereocenters. The van der Waals surface area contributed by atoms with Crippen molar-refractivity contribution in [2.24, 2.45) is 5.73 Å². The van der Waals surface area contributed by atoms with Gasteiger partial charge in [-0.05, 0) is 24.1 Å². The second-order valence-corrected chi connectivity index (χ2v) is 3.78. The Hall–Kier alpha value is -1.14. The number of rotatable bonds is 0. The molecule has 3 nitrogen and oxygen atoms in total. The average Bonchev–Trinajstić information content (AvgIpc) is 2.22. The number of halogens is 3. The summed E-state index contributed by atoms with van der Waals surface area (Å²) in [6, 6.07) is 0.611. The minimum Gasteiger partial charge on any atom is -0.372 e. The first-order valence-electron chi connectivity index (χ1n) is 4.84. The van der Waals surface area contributed by atoms with Crippen molar-refractivity contribution in [3.05, 3.63) is 29.1 Å². The molecule has 1 aliphatic heterocycles. The molecular weight excluding hydrogens is 221 g/mol. The smallest absolute Gasteiger partial charge is 0.372 e. The van der Waals surface area contributed by atoms with Crippen LogP contribution in [0.2, 0.25) is 0 Å². The maximum absolute atomic E-state index is 12.4. The lowest BCUT2D eigenvalue weighted by atomic mass is 9.96. The number of ether oxygens (including phenoxy) is 1. The van der Waals surface area contributed by atoms with Gasteiger partial charge < -0.3 is 10.5 Å². The quantitative estimate of drug-likeness (QED) is 0.745. The van der Waals surface area contributed by atoms with Crippen molar-refractivity contribution in [2.75, 3.05) is 6.61 Å². The summed E-state index contributed by atoms with van der Waals surface area (Å²) in [7, 11) is 0. The molecule has 1 aromatic rings. The summed E-state index contributed by atoms with van der Waals surface area (Å²) < 4.78 is 42.6. The van der Waals surface area contributed by atoms with E-state index in [-0.39, 0.29) is 6.10 Å². The highest BCUT2D eigenvalue weighted by Gasteiger charge is 2.34. The van der Waals surface area contributed by atoms with Gasteiger partial charge in [0, 0.05) is 6.20 Å². The largest absolute Gasteiger partial charge is 0.433 e. The zero-order valence-electron chi connectivity index (χ0n) is 8.58. The number of hydrogen-bond acceptors (Lipinski definition) is 3. The molecule has 2 N–H and O–H groups in total. The first-order valence-corrected chi connectivity index (χ1v) is 4.84. The monoisotopic (exact) mass is 232 g/mol. The second kappa shape index (κ2) is 3.71. The fourth-order valence-corrected chi connectivity index (χ4v) is 1.73. The van der Waals surface area contributed by atoms with E-state index in [0.717, 1.165) is 6.07 Å². The topological polar surface area (TPSA) is 48.1 Å². The summed E-state index contributed by atoms with van der Waals surface area (Å²) in [5, 5.41) is 0. The van der Waals surface area contributed by atoms with Crippen LogP contribution in [0.3, 0.4) is 0 Å². The molecule has 0 spiro atoms. The molecule has 0 fully saturated rings. The van der Waals surface area contributed by atoms with E-state index in [9.17, 15) is 13.2 Å². The van der Waals surface area contributed by atoms with Gasteiger partial charge in [-0.1, -0.05) is 0 Å². The van der Waals surface area contributed by atoms with E-state index >= 15 is 0 Å². The molecule has 1 aliphatic rings. The fraction of sp³-hybridized carbons (Fsp3) is 0.500. The molecule has 1 aromatic heterocycles. The van der Waals surface area contributed by atoms with Crippen molar-refractivity contribution in [2.45, 2.75) is 25.2 Å². The summed E-state index contributed by atoms with van der Waals surface area (Å²) in [5.41, 5.74) is 5.92. The Labute approximate surface area is 90.4 Å². The Bertz CT molecular complexity index is 406. The van der Waals surface area contributed by atoms with Crippen molar-refractivity contribution in [3.8, 4) is 0 Å². The van der Waals surface area contributed by atoms with Crippen molar-refractivity contribution in [1.29, 1.82) is 0 Å². The lowest BCUT2D eigenvalue weighted by molar-refractivity contribution is -0.141. The van der Waals surface area contributed by atoms with Crippen molar-refractivity contribution >= 4 is 0 Å². The van der Waals surface area contributed by atoms with Gasteiger partial charge in [-0.25, -0.2) is 0 Å². The maximum atomic E-state index is 12.4. The standard InChI is InChI=1S/C10H11F3N2O/c1-5-6-2-9(10(11,12)13)15-3-7(6)8(14)4-16-5/h2-3,5,8H,4,14H2,1H3/t5-,8-/m1/s1. The van der Waals surface area contributed by atoms with E-state index in [0.29, 0.717) is 17.7 Å². The Morgan fingerprint density at radius 2 is 2.12 bits per heavy atom. The van der Waals surface area contributed by atoms with Gasteiger partial charge >= 0.3 is 6.18 Å². The van der Waals surface area contributed by atoms with Gasteiger partial charge in [0.15, 0.2) is 0 Å². The summed E-state index contributed by atoms with van der Waals surface area (Å²) in [4.78, 5) is 3.39. The summed E-state index contributed by atoms with van der Waals surface area (Å²) >= 11 is 0. The third kappa shape index (κ3) is 1.90. The summed E-state index contributed by atoms with van der Waals surface area (Å²) in [6.07, 6.45) is -3.61. The molecule has 0 aromatic carbocycles. The average molecular weight is 232 g/mol. The van der Waals surface area contributed by atoms with Gasteiger partial charge in [0.25, 0.3) is 0 Å². The maximum Gasteiger partial charge on any atom is 0.433 e. The lowest BCUT2D eigenvalue weighted by Gasteiger charge is -2.28. The first kappa shape index (κ1) is 11.3. The van der Waals surface area contributed by atoms with Gasteiger partial charge in [0.1, 0.15) is 5.69 Å².